The van der Waals surface area contributed by atoms with E-state index in [1.165, 1.54) is 28.6 Å². The SMILES string of the molecule is CC(C)NC(=O)COC(=O)c1cccc(S(=O)(=O)N2CCc3ccccc32)c1. The zero-order valence-electron chi connectivity index (χ0n) is 15.7. The second kappa shape index (κ2) is 8.02. The zero-order chi connectivity index (χ0) is 20.3. The lowest BCUT2D eigenvalue weighted by molar-refractivity contribution is -0.124. The van der Waals surface area contributed by atoms with Gasteiger partial charge < -0.3 is 10.1 Å². The molecule has 3 rings (SSSR count). The van der Waals surface area contributed by atoms with Crippen LogP contribution in [0.3, 0.4) is 0 Å². The molecular formula is C20H22N2O5S. The average molecular weight is 402 g/mol. The molecule has 0 unspecified atom stereocenters. The number of carbonyl (C=O) groups excluding carboxylic acids is 2. The molecule has 7 nitrogen and oxygen atoms in total. The Labute approximate surface area is 164 Å². The Bertz CT molecular complexity index is 1000. The zero-order valence-corrected chi connectivity index (χ0v) is 16.5. The highest BCUT2D eigenvalue weighted by Gasteiger charge is 2.31. The van der Waals surface area contributed by atoms with E-state index in [0.717, 1.165) is 5.56 Å². The van der Waals surface area contributed by atoms with Crippen molar-refractivity contribution in [2.45, 2.75) is 31.2 Å². The van der Waals surface area contributed by atoms with Gasteiger partial charge in [0.25, 0.3) is 15.9 Å². The van der Waals surface area contributed by atoms with Gasteiger partial charge in [0.2, 0.25) is 0 Å². The van der Waals surface area contributed by atoms with Crippen LogP contribution in [0.1, 0.15) is 29.8 Å². The van der Waals surface area contributed by atoms with Gasteiger partial charge in [0.1, 0.15) is 0 Å². The Morgan fingerprint density at radius 1 is 1.14 bits per heavy atom. The van der Waals surface area contributed by atoms with Gasteiger partial charge in [0.05, 0.1) is 16.1 Å². The van der Waals surface area contributed by atoms with E-state index in [2.05, 4.69) is 5.32 Å². The molecule has 0 spiro atoms. The first-order valence-electron chi connectivity index (χ1n) is 8.96. The van der Waals surface area contributed by atoms with Crippen molar-refractivity contribution in [2.24, 2.45) is 0 Å². The highest BCUT2D eigenvalue weighted by atomic mass is 32.2. The monoisotopic (exact) mass is 402 g/mol. The van der Waals surface area contributed by atoms with Crippen LogP contribution in [0.5, 0.6) is 0 Å². The van der Waals surface area contributed by atoms with Crippen LogP contribution >= 0.6 is 0 Å². The van der Waals surface area contributed by atoms with Crippen molar-refractivity contribution < 1.29 is 22.7 Å². The lowest BCUT2D eigenvalue weighted by Crippen LogP contribution is -2.34. The number of fused-ring (bicyclic) bond motifs is 1. The first-order valence-corrected chi connectivity index (χ1v) is 10.4. The third-order valence-electron chi connectivity index (χ3n) is 4.29. The number of amides is 1. The standard InChI is InChI=1S/C20H22N2O5S/c1-14(2)21-19(23)13-27-20(24)16-7-5-8-17(12-16)28(25,26)22-11-10-15-6-3-4-9-18(15)22/h3-9,12,14H,10-11,13H2,1-2H3,(H,21,23). The minimum Gasteiger partial charge on any atom is -0.452 e. The molecule has 0 aromatic heterocycles. The fourth-order valence-corrected chi connectivity index (χ4v) is 4.60. The van der Waals surface area contributed by atoms with E-state index in [9.17, 15) is 18.0 Å². The summed E-state index contributed by atoms with van der Waals surface area (Å²) < 4.78 is 32.5. The van der Waals surface area contributed by atoms with Gasteiger partial charge in [0, 0.05) is 12.6 Å². The summed E-state index contributed by atoms with van der Waals surface area (Å²) in [6.45, 7) is 3.52. The van der Waals surface area contributed by atoms with Crippen LogP contribution in [0.25, 0.3) is 0 Å². The van der Waals surface area contributed by atoms with E-state index in [-0.39, 0.29) is 16.5 Å². The van der Waals surface area contributed by atoms with Crippen molar-refractivity contribution in [3.05, 3.63) is 59.7 Å². The maximum atomic E-state index is 13.1. The van der Waals surface area contributed by atoms with E-state index in [1.807, 2.05) is 12.1 Å². The predicted molar refractivity (Wildman–Crippen MR) is 105 cm³/mol. The molecule has 0 saturated carbocycles. The Hall–Kier alpha value is -2.87. The van der Waals surface area contributed by atoms with Crippen LogP contribution in [0.2, 0.25) is 0 Å². The van der Waals surface area contributed by atoms with Crippen LogP contribution < -0.4 is 9.62 Å². The summed E-state index contributed by atoms with van der Waals surface area (Å²) in [6.07, 6.45) is 0.641. The molecule has 0 saturated heterocycles. The molecule has 28 heavy (non-hydrogen) atoms. The van der Waals surface area contributed by atoms with Crippen molar-refractivity contribution >= 4 is 27.6 Å². The van der Waals surface area contributed by atoms with Gasteiger partial charge in [-0.1, -0.05) is 24.3 Å². The van der Waals surface area contributed by atoms with Gasteiger partial charge in [-0.25, -0.2) is 13.2 Å². The van der Waals surface area contributed by atoms with E-state index in [0.29, 0.717) is 18.7 Å². The number of nitrogens with zero attached hydrogens (tertiary/aromatic N) is 1. The van der Waals surface area contributed by atoms with Crippen molar-refractivity contribution in [3.8, 4) is 0 Å². The van der Waals surface area contributed by atoms with Crippen LogP contribution in [0, 0.1) is 0 Å². The number of hydrogen-bond acceptors (Lipinski definition) is 5. The summed E-state index contributed by atoms with van der Waals surface area (Å²) in [6, 6.07) is 12.9. The second-order valence-electron chi connectivity index (χ2n) is 6.78. The molecule has 0 atom stereocenters. The van der Waals surface area contributed by atoms with Gasteiger partial charge in [0.15, 0.2) is 6.61 Å². The number of hydrogen-bond donors (Lipinski definition) is 1. The number of carbonyl (C=O) groups is 2. The molecule has 0 aliphatic carbocycles. The van der Waals surface area contributed by atoms with Crippen molar-refractivity contribution in [1.82, 2.24) is 5.32 Å². The molecule has 0 bridgehead atoms. The number of anilines is 1. The Balaban J connectivity index is 1.78. The highest BCUT2D eigenvalue weighted by Crippen LogP contribution is 2.32. The summed E-state index contributed by atoms with van der Waals surface area (Å²) in [7, 11) is -3.81. The summed E-state index contributed by atoms with van der Waals surface area (Å²) >= 11 is 0. The minimum atomic E-state index is -3.81. The third-order valence-corrected chi connectivity index (χ3v) is 6.10. The normalized spacial score (nSPS) is 13.3. The first-order chi connectivity index (χ1) is 13.3. The van der Waals surface area contributed by atoms with Crippen LogP contribution in [0.4, 0.5) is 5.69 Å². The van der Waals surface area contributed by atoms with Crippen molar-refractivity contribution in [3.63, 3.8) is 0 Å². The van der Waals surface area contributed by atoms with Gasteiger partial charge >= 0.3 is 5.97 Å². The lowest BCUT2D eigenvalue weighted by atomic mass is 10.2. The minimum absolute atomic E-state index is 0.00489. The van der Waals surface area contributed by atoms with Crippen molar-refractivity contribution in [1.29, 1.82) is 0 Å². The van der Waals surface area contributed by atoms with Gasteiger partial charge in [-0.3, -0.25) is 9.10 Å². The maximum absolute atomic E-state index is 13.1. The molecule has 1 aliphatic rings. The number of esters is 1. The number of para-hydroxylation sites is 1. The summed E-state index contributed by atoms with van der Waals surface area (Å²) in [4.78, 5) is 23.8. The second-order valence-corrected chi connectivity index (χ2v) is 8.64. The Kier molecular flexibility index (Phi) is 5.69. The molecule has 1 N–H and O–H groups in total. The molecule has 2 aromatic carbocycles. The maximum Gasteiger partial charge on any atom is 0.338 e. The topological polar surface area (TPSA) is 92.8 Å². The predicted octanol–water partition coefficient (Wildman–Crippen LogP) is 2.12. The molecule has 148 valence electrons. The number of ether oxygens (including phenoxy) is 1. The lowest BCUT2D eigenvalue weighted by Gasteiger charge is -2.19. The molecule has 2 aromatic rings. The summed E-state index contributed by atoms with van der Waals surface area (Å²) in [5, 5.41) is 2.61. The van der Waals surface area contributed by atoms with Crippen LogP contribution in [0.15, 0.2) is 53.4 Å². The van der Waals surface area contributed by atoms with E-state index in [4.69, 9.17) is 4.74 Å². The highest BCUT2D eigenvalue weighted by molar-refractivity contribution is 7.92. The van der Waals surface area contributed by atoms with Crippen molar-refractivity contribution in [2.75, 3.05) is 17.5 Å². The largest absolute Gasteiger partial charge is 0.452 e. The molecule has 8 heteroatoms. The third kappa shape index (κ3) is 4.17. The number of rotatable bonds is 6. The average Bonchev–Trinajstić information content (AvgIpc) is 3.10. The van der Waals surface area contributed by atoms with E-state index >= 15 is 0 Å². The van der Waals surface area contributed by atoms with Gasteiger partial charge in [-0.2, -0.15) is 0 Å². The first kappa shape index (κ1) is 19.9. The van der Waals surface area contributed by atoms with E-state index in [1.54, 1.807) is 26.0 Å². The van der Waals surface area contributed by atoms with Crippen LogP contribution in [-0.4, -0.2) is 39.5 Å². The van der Waals surface area contributed by atoms with Gasteiger partial charge in [-0.15, -0.1) is 0 Å². The number of nitrogens with one attached hydrogen (secondary N) is 1. The Morgan fingerprint density at radius 2 is 1.89 bits per heavy atom. The van der Waals surface area contributed by atoms with Gasteiger partial charge in [-0.05, 0) is 50.1 Å². The molecular weight excluding hydrogens is 380 g/mol. The summed E-state index contributed by atoms with van der Waals surface area (Å²) in [5.41, 5.74) is 1.70. The smallest absolute Gasteiger partial charge is 0.338 e. The molecule has 1 heterocycles. The number of sulfonamides is 1. The van der Waals surface area contributed by atoms with E-state index < -0.39 is 28.5 Å². The van der Waals surface area contributed by atoms with Crippen LogP contribution in [-0.2, 0) is 26.0 Å². The summed E-state index contributed by atoms with van der Waals surface area (Å²) in [5.74, 6) is -1.17. The molecule has 0 fully saturated rings. The quantitative estimate of drug-likeness (QED) is 0.747. The Morgan fingerprint density at radius 3 is 2.64 bits per heavy atom. The molecule has 1 amide bonds. The fraction of sp³-hybridized carbons (Fsp3) is 0.300. The molecule has 1 aliphatic heterocycles. The fourth-order valence-electron chi connectivity index (χ4n) is 3.05. The molecule has 0 radical (unpaired) electrons. The number of benzene rings is 2.